The number of aliphatic hydroxyl groups is 1. The monoisotopic (exact) mass is 246 g/mol. The molecule has 1 heterocycles. The predicted molar refractivity (Wildman–Crippen MR) is 71.8 cm³/mol. The summed E-state index contributed by atoms with van der Waals surface area (Å²) in [6, 6.07) is 9.81. The highest BCUT2D eigenvalue weighted by Crippen LogP contribution is 2.16. The van der Waals surface area contributed by atoms with Gasteiger partial charge in [0.1, 0.15) is 12.4 Å². The third-order valence-electron chi connectivity index (χ3n) is 2.60. The van der Waals surface area contributed by atoms with Gasteiger partial charge in [0.05, 0.1) is 6.61 Å². The predicted octanol–water partition coefficient (Wildman–Crippen LogP) is 2.01. The minimum absolute atomic E-state index is 0.0357. The molecule has 18 heavy (non-hydrogen) atoms. The van der Waals surface area contributed by atoms with Crippen LogP contribution in [0, 0.1) is 0 Å². The number of nitrogens with one attached hydrogen (secondary N) is 1. The maximum Gasteiger partial charge on any atom is 0.119 e. The molecule has 2 N–H and O–H groups in total. The van der Waals surface area contributed by atoms with Gasteiger partial charge in [-0.15, -0.1) is 0 Å². The molecule has 4 nitrogen and oxygen atoms in total. The number of aliphatic hydroxyl groups excluding tert-OH is 1. The van der Waals surface area contributed by atoms with Crippen LogP contribution >= 0.6 is 0 Å². The number of anilines is 1. The molecule has 0 aliphatic heterocycles. The lowest BCUT2D eigenvalue weighted by Gasteiger charge is -2.07. The average molecular weight is 246 g/mol. The van der Waals surface area contributed by atoms with Crippen molar-refractivity contribution in [1.82, 2.24) is 4.57 Å². The molecule has 0 saturated heterocycles. The van der Waals surface area contributed by atoms with Crippen LogP contribution in [0.25, 0.3) is 0 Å². The normalized spacial score (nSPS) is 10.3. The van der Waals surface area contributed by atoms with E-state index in [1.165, 1.54) is 5.56 Å². The van der Waals surface area contributed by atoms with Crippen LogP contribution < -0.4 is 10.1 Å². The number of nitrogens with zero attached hydrogens (tertiary/aromatic N) is 1. The number of benzene rings is 1. The Hall–Kier alpha value is -1.94. The number of hydrogen-bond donors (Lipinski definition) is 2. The quantitative estimate of drug-likeness (QED) is 0.819. The van der Waals surface area contributed by atoms with Crippen LogP contribution in [0.3, 0.4) is 0 Å². The molecule has 2 aromatic rings. The maximum absolute atomic E-state index is 8.66. The summed E-state index contributed by atoms with van der Waals surface area (Å²) in [5.74, 6) is 0.773. The van der Waals surface area contributed by atoms with Crippen molar-refractivity contribution in [2.45, 2.75) is 6.54 Å². The van der Waals surface area contributed by atoms with E-state index in [-0.39, 0.29) is 6.61 Å². The van der Waals surface area contributed by atoms with Crippen molar-refractivity contribution in [2.24, 2.45) is 7.05 Å². The molecule has 1 aromatic carbocycles. The Morgan fingerprint density at radius 2 is 2.00 bits per heavy atom. The van der Waals surface area contributed by atoms with Gasteiger partial charge in [0.25, 0.3) is 0 Å². The fourth-order valence-electron chi connectivity index (χ4n) is 1.70. The van der Waals surface area contributed by atoms with E-state index in [9.17, 15) is 0 Å². The van der Waals surface area contributed by atoms with Gasteiger partial charge in [0.2, 0.25) is 0 Å². The van der Waals surface area contributed by atoms with Crippen LogP contribution in [0.5, 0.6) is 5.75 Å². The summed E-state index contributed by atoms with van der Waals surface area (Å²) in [5.41, 5.74) is 2.30. The Balaban J connectivity index is 1.86. The van der Waals surface area contributed by atoms with Crippen LogP contribution in [0.15, 0.2) is 42.7 Å². The second-order valence-electron chi connectivity index (χ2n) is 4.14. The van der Waals surface area contributed by atoms with E-state index in [0.717, 1.165) is 18.0 Å². The van der Waals surface area contributed by atoms with Gasteiger partial charge in [-0.25, -0.2) is 0 Å². The number of aryl methyl sites for hydroxylation is 1. The first kappa shape index (κ1) is 12.5. The largest absolute Gasteiger partial charge is 0.491 e. The molecule has 0 aliphatic carbocycles. The third kappa shape index (κ3) is 3.53. The van der Waals surface area contributed by atoms with E-state index in [1.54, 1.807) is 0 Å². The SMILES string of the molecule is Cn1ccc(CNc2ccc(OCCO)cc2)c1. The highest BCUT2D eigenvalue weighted by atomic mass is 16.5. The van der Waals surface area contributed by atoms with Crippen LogP contribution in [-0.4, -0.2) is 22.9 Å². The third-order valence-corrected chi connectivity index (χ3v) is 2.60. The molecular weight excluding hydrogens is 228 g/mol. The van der Waals surface area contributed by atoms with Gasteiger partial charge in [0, 0.05) is 31.7 Å². The van der Waals surface area contributed by atoms with Gasteiger partial charge in [-0.2, -0.15) is 0 Å². The molecule has 0 amide bonds. The summed E-state index contributed by atoms with van der Waals surface area (Å²) in [4.78, 5) is 0. The lowest BCUT2D eigenvalue weighted by molar-refractivity contribution is 0.201. The summed E-state index contributed by atoms with van der Waals surface area (Å²) in [5, 5.41) is 12.0. The van der Waals surface area contributed by atoms with E-state index in [0.29, 0.717) is 6.61 Å². The fourth-order valence-corrected chi connectivity index (χ4v) is 1.70. The van der Waals surface area contributed by atoms with E-state index >= 15 is 0 Å². The van der Waals surface area contributed by atoms with Crippen LogP contribution in [0.2, 0.25) is 0 Å². The van der Waals surface area contributed by atoms with E-state index in [4.69, 9.17) is 9.84 Å². The summed E-state index contributed by atoms with van der Waals surface area (Å²) in [6.45, 7) is 1.17. The smallest absolute Gasteiger partial charge is 0.119 e. The first-order valence-corrected chi connectivity index (χ1v) is 5.96. The zero-order valence-electron chi connectivity index (χ0n) is 10.5. The van der Waals surface area contributed by atoms with Gasteiger partial charge in [0.15, 0.2) is 0 Å². The molecule has 0 unspecified atom stereocenters. The first-order chi connectivity index (χ1) is 8.78. The topological polar surface area (TPSA) is 46.4 Å². The van der Waals surface area contributed by atoms with Gasteiger partial charge in [-0.05, 0) is 35.9 Å². The molecular formula is C14H18N2O2. The van der Waals surface area contributed by atoms with Crippen molar-refractivity contribution in [3.63, 3.8) is 0 Å². The molecule has 0 atom stereocenters. The van der Waals surface area contributed by atoms with Gasteiger partial charge >= 0.3 is 0 Å². The summed E-state index contributed by atoms with van der Waals surface area (Å²) in [6.07, 6.45) is 4.12. The van der Waals surface area contributed by atoms with Gasteiger partial charge in [-0.1, -0.05) is 0 Å². The lowest BCUT2D eigenvalue weighted by atomic mass is 10.3. The van der Waals surface area contributed by atoms with E-state index in [1.807, 2.05) is 42.1 Å². The minimum atomic E-state index is 0.0357. The zero-order valence-corrected chi connectivity index (χ0v) is 10.5. The molecule has 4 heteroatoms. The van der Waals surface area contributed by atoms with Crippen molar-refractivity contribution in [1.29, 1.82) is 0 Å². The van der Waals surface area contributed by atoms with Crippen molar-refractivity contribution >= 4 is 5.69 Å². The lowest BCUT2D eigenvalue weighted by Crippen LogP contribution is -2.02. The minimum Gasteiger partial charge on any atom is -0.491 e. The average Bonchev–Trinajstić information content (AvgIpc) is 2.81. The number of aromatic nitrogens is 1. The van der Waals surface area contributed by atoms with E-state index in [2.05, 4.69) is 17.6 Å². The maximum atomic E-state index is 8.66. The van der Waals surface area contributed by atoms with E-state index < -0.39 is 0 Å². The van der Waals surface area contributed by atoms with Crippen molar-refractivity contribution in [3.8, 4) is 5.75 Å². The molecule has 0 radical (unpaired) electrons. The highest BCUT2D eigenvalue weighted by Gasteiger charge is 1.97. The summed E-state index contributed by atoms with van der Waals surface area (Å²) in [7, 11) is 2.01. The Labute approximate surface area is 107 Å². The number of ether oxygens (including phenoxy) is 1. The molecule has 0 aliphatic rings. The summed E-state index contributed by atoms with van der Waals surface area (Å²) >= 11 is 0. The Morgan fingerprint density at radius 1 is 1.22 bits per heavy atom. The molecule has 2 rings (SSSR count). The molecule has 96 valence electrons. The number of hydrogen-bond acceptors (Lipinski definition) is 3. The van der Waals surface area contributed by atoms with Crippen molar-refractivity contribution in [2.75, 3.05) is 18.5 Å². The fraction of sp³-hybridized carbons (Fsp3) is 0.286. The molecule has 0 spiro atoms. The molecule has 0 saturated carbocycles. The molecule has 1 aromatic heterocycles. The zero-order chi connectivity index (χ0) is 12.8. The second kappa shape index (κ2) is 6.12. The highest BCUT2D eigenvalue weighted by molar-refractivity contribution is 5.46. The Bertz CT molecular complexity index is 477. The van der Waals surface area contributed by atoms with Crippen molar-refractivity contribution in [3.05, 3.63) is 48.3 Å². The van der Waals surface area contributed by atoms with Crippen LogP contribution in [-0.2, 0) is 13.6 Å². The van der Waals surface area contributed by atoms with Gasteiger partial charge in [-0.3, -0.25) is 0 Å². The van der Waals surface area contributed by atoms with Gasteiger partial charge < -0.3 is 19.7 Å². The van der Waals surface area contributed by atoms with Crippen LogP contribution in [0.1, 0.15) is 5.56 Å². The van der Waals surface area contributed by atoms with Crippen LogP contribution in [0.4, 0.5) is 5.69 Å². The molecule has 0 fully saturated rings. The Kier molecular flexibility index (Phi) is 4.25. The Morgan fingerprint density at radius 3 is 2.61 bits per heavy atom. The molecule has 0 bridgehead atoms. The second-order valence-corrected chi connectivity index (χ2v) is 4.14. The first-order valence-electron chi connectivity index (χ1n) is 5.96. The number of rotatable bonds is 6. The standard InChI is InChI=1S/C14H18N2O2/c1-16-7-6-12(11-16)10-15-13-2-4-14(5-3-13)18-9-8-17/h2-7,11,15,17H,8-10H2,1H3. The van der Waals surface area contributed by atoms with Crippen molar-refractivity contribution < 1.29 is 9.84 Å². The summed E-state index contributed by atoms with van der Waals surface area (Å²) < 4.78 is 7.33.